The molecule has 1 saturated carbocycles. The molecule has 4 atom stereocenters. The summed E-state index contributed by atoms with van der Waals surface area (Å²) in [6.45, 7) is 5.37. The molecule has 1 aliphatic carbocycles. The third kappa shape index (κ3) is 3.35. The fourth-order valence-electron chi connectivity index (χ4n) is 4.99. The molecule has 2 aromatic heterocycles. The third-order valence-electron chi connectivity index (χ3n) is 6.31. The molecule has 0 radical (unpaired) electrons. The summed E-state index contributed by atoms with van der Waals surface area (Å²) in [6.07, 6.45) is 2.07. The zero-order valence-corrected chi connectivity index (χ0v) is 18.1. The Labute approximate surface area is 176 Å². The van der Waals surface area contributed by atoms with E-state index in [9.17, 15) is 4.79 Å². The summed E-state index contributed by atoms with van der Waals surface area (Å²) in [5.74, 6) is 2.56. The maximum Gasteiger partial charge on any atom is 0.263 e. The highest BCUT2D eigenvalue weighted by atomic mass is 79.9. The van der Waals surface area contributed by atoms with Crippen LogP contribution in [0.2, 0.25) is 0 Å². The van der Waals surface area contributed by atoms with E-state index >= 15 is 0 Å². The largest absolute Gasteiger partial charge is 0.376 e. The number of ether oxygens (including phenoxy) is 1. The van der Waals surface area contributed by atoms with Crippen molar-refractivity contribution in [2.24, 2.45) is 17.8 Å². The molecule has 2 fully saturated rings. The van der Waals surface area contributed by atoms with Crippen molar-refractivity contribution in [1.82, 2.24) is 15.1 Å². The average molecular weight is 463 g/mol. The molecule has 5 rings (SSSR count). The quantitative estimate of drug-likeness (QED) is 0.754. The van der Waals surface area contributed by atoms with Gasteiger partial charge in [0, 0.05) is 36.3 Å². The number of aromatic nitrogens is 2. The van der Waals surface area contributed by atoms with Crippen LogP contribution >= 0.6 is 27.3 Å². The average Bonchev–Trinajstić information content (AvgIpc) is 3.37. The number of hydrogen-bond acceptors (Lipinski definition) is 6. The standard InChI is InChI=1S/C20H23BrN4O2S/c1-11-6-12-8-25(20(26)16-7-13-10-27-5-4-15(13)28-16)9-14(12)19(11)22-18-3-2-17(21)23-24-18/h2-3,7,11-12,14,19H,4-6,8-10H2,1H3,(H,22,24)/t11-,12+,14-,19-/m1/s1. The molecule has 8 heteroatoms. The van der Waals surface area contributed by atoms with E-state index in [4.69, 9.17) is 4.74 Å². The number of anilines is 1. The van der Waals surface area contributed by atoms with Gasteiger partial charge in [-0.15, -0.1) is 21.5 Å². The first kappa shape index (κ1) is 18.5. The summed E-state index contributed by atoms with van der Waals surface area (Å²) in [6, 6.07) is 6.22. The smallest absolute Gasteiger partial charge is 0.263 e. The number of nitrogens with one attached hydrogen (secondary N) is 1. The molecule has 0 unspecified atom stereocenters. The minimum absolute atomic E-state index is 0.184. The van der Waals surface area contributed by atoms with Crippen LogP contribution in [0.5, 0.6) is 0 Å². The van der Waals surface area contributed by atoms with Gasteiger partial charge in [-0.2, -0.15) is 0 Å². The van der Waals surface area contributed by atoms with Gasteiger partial charge in [0.2, 0.25) is 0 Å². The number of likely N-dealkylation sites (tertiary alicyclic amines) is 1. The van der Waals surface area contributed by atoms with Crippen LogP contribution in [0.3, 0.4) is 0 Å². The van der Waals surface area contributed by atoms with Crippen molar-refractivity contribution in [3.8, 4) is 0 Å². The van der Waals surface area contributed by atoms with Gasteiger partial charge in [0.25, 0.3) is 5.91 Å². The molecule has 1 amide bonds. The van der Waals surface area contributed by atoms with Gasteiger partial charge in [-0.3, -0.25) is 4.79 Å². The normalized spacial score (nSPS) is 28.9. The van der Waals surface area contributed by atoms with Crippen LogP contribution < -0.4 is 5.32 Å². The lowest BCUT2D eigenvalue weighted by molar-refractivity contribution is 0.0782. The summed E-state index contributed by atoms with van der Waals surface area (Å²) in [7, 11) is 0. The molecule has 28 heavy (non-hydrogen) atoms. The van der Waals surface area contributed by atoms with Gasteiger partial charge in [0.15, 0.2) is 0 Å². The van der Waals surface area contributed by atoms with E-state index in [1.54, 1.807) is 11.3 Å². The first-order valence-corrected chi connectivity index (χ1v) is 11.4. The van der Waals surface area contributed by atoms with Crippen molar-refractivity contribution in [3.05, 3.63) is 38.1 Å². The lowest BCUT2D eigenvalue weighted by atomic mass is 9.96. The number of fused-ring (bicyclic) bond motifs is 2. The minimum atomic E-state index is 0.184. The molecule has 2 aliphatic heterocycles. The summed E-state index contributed by atoms with van der Waals surface area (Å²) in [5, 5.41) is 11.9. The van der Waals surface area contributed by atoms with Gasteiger partial charge in [0.1, 0.15) is 10.4 Å². The van der Waals surface area contributed by atoms with E-state index in [1.165, 1.54) is 10.4 Å². The van der Waals surface area contributed by atoms with Crippen molar-refractivity contribution >= 4 is 39.0 Å². The molecule has 2 aromatic rings. The van der Waals surface area contributed by atoms with Crippen molar-refractivity contribution in [2.75, 3.05) is 25.0 Å². The molecular weight excluding hydrogens is 440 g/mol. The monoisotopic (exact) mass is 462 g/mol. The fourth-order valence-corrected chi connectivity index (χ4v) is 6.31. The molecule has 6 nitrogen and oxygen atoms in total. The highest BCUT2D eigenvalue weighted by Gasteiger charge is 2.47. The van der Waals surface area contributed by atoms with Crippen molar-refractivity contribution in [3.63, 3.8) is 0 Å². The Bertz CT molecular complexity index is 863. The SMILES string of the molecule is C[C@@H]1C[C@H]2CN(C(=O)c3cc4c(s3)CCOC4)C[C@H]2[C@@H]1Nc1ccc(Br)nn1. The summed E-state index contributed by atoms with van der Waals surface area (Å²) < 4.78 is 6.26. The van der Waals surface area contributed by atoms with E-state index in [1.807, 2.05) is 18.2 Å². The van der Waals surface area contributed by atoms with E-state index in [2.05, 4.69) is 43.3 Å². The first-order chi connectivity index (χ1) is 13.6. The number of carbonyl (C=O) groups is 1. The van der Waals surface area contributed by atoms with Crippen LogP contribution in [0, 0.1) is 17.8 Å². The molecule has 3 aliphatic rings. The summed E-state index contributed by atoms with van der Waals surface area (Å²) in [4.78, 5) is 17.4. The van der Waals surface area contributed by atoms with Crippen molar-refractivity contribution < 1.29 is 9.53 Å². The lowest BCUT2D eigenvalue weighted by Gasteiger charge is -2.25. The van der Waals surface area contributed by atoms with Crippen LogP contribution in [-0.2, 0) is 17.8 Å². The highest BCUT2D eigenvalue weighted by molar-refractivity contribution is 9.10. The number of halogens is 1. The summed E-state index contributed by atoms with van der Waals surface area (Å²) in [5.41, 5.74) is 1.20. The zero-order chi connectivity index (χ0) is 19.3. The molecule has 1 saturated heterocycles. The Kier molecular flexibility index (Phi) is 4.88. The Balaban J connectivity index is 1.29. The molecule has 0 spiro atoms. The van der Waals surface area contributed by atoms with Crippen LogP contribution in [0.15, 0.2) is 22.8 Å². The molecule has 1 N–H and O–H groups in total. The second kappa shape index (κ2) is 7.39. The van der Waals surface area contributed by atoms with Gasteiger partial charge < -0.3 is 15.0 Å². The molecule has 0 bridgehead atoms. The number of rotatable bonds is 3. The predicted octanol–water partition coefficient (Wildman–Crippen LogP) is 3.58. The van der Waals surface area contributed by atoms with Gasteiger partial charge in [0.05, 0.1) is 18.1 Å². The predicted molar refractivity (Wildman–Crippen MR) is 111 cm³/mol. The number of thiophene rings is 1. The maximum atomic E-state index is 13.1. The first-order valence-electron chi connectivity index (χ1n) is 9.83. The summed E-state index contributed by atoms with van der Waals surface area (Å²) >= 11 is 4.98. The number of carbonyl (C=O) groups excluding carboxylic acids is 1. The molecular formula is C20H23BrN4O2S. The van der Waals surface area contributed by atoms with Crippen LogP contribution in [0.1, 0.15) is 33.5 Å². The van der Waals surface area contributed by atoms with Crippen molar-refractivity contribution in [2.45, 2.75) is 32.4 Å². The van der Waals surface area contributed by atoms with Crippen LogP contribution in [0.25, 0.3) is 0 Å². The molecule has 0 aromatic carbocycles. The maximum absolute atomic E-state index is 13.1. The number of nitrogens with zero attached hydrogens (tertiary/aromatic N) is 3. The lowest BCUT2D eigenvalue weighted by Crippen LogP contribution is -2.35. The Hall–Kier alpha value is -1.51. The second-order valence-corrected chi connectivity index (χ2v) is 10.1. The van der Waals surface area contributed by atoms with Crippen LogP contribution in [0.4, 0.5) is 5.82 Å². The zero-order valence-electron chi connectivity index (χ0n) is 15.7. The Morgan fingerprint density at radius 2 is 2.25 bits per heavy atom. The number of amides is 1. The van der Waals surface area contributed by atoms with E-state index in [-0.39, 0.29) is 5.91 Å². The van der Waals surface area contributed by atoms with E-state index in [0.717, 1.165) is 47.8 Å². The highest BCUT2D eigenvalue weighted by Crippen LogP contribution is 2.43. The fraction of sp³-hybridized carbons (Fsp3) is 0.550. The van der Waals surface area contributed by atoms with Crippen LogP contribution in [-0.4, -0.2) is 46.7 Å². The Morgan fingerprint density at radius 3 is 3.04 bits per heavy atom. The topological polar surface area (TPSA) is 67.3 Å². The number of hydrogen-bond donors (Lipinski definition) is 1. The van der Waals surface area contributed by atoms with Gasteiger partial charge >= 0.3 is 0 Å². The van der Waals surface area contributed by atoms with Gasteiger partial charge in [-0.1, -0.05) is 6.92 Å². The van der Waals surface area contributed by atoms with Gasteiger partial charge in [-0.25, -0.2) is 0 Å². The van der Waals surface area contributed by atoms with E-state index < -0.39 is 0 Å². The second-order valence-electron chi connectivity index (χ2n) is 8.12. The minimum Gasteiger partial charge on any atom is -0.376 e. The Morgan fingerprint density at radius 1 is 1.36 bits per heavy atom. The molecule has 4 heterocycles. The third-order valence-corrected chi connectivity index (χ3v) is 7.96. The van der Waals surface area contributed by atoms with E-state index in [0.29, 0.717) is 30.4 Å². The molecule has 148 valence electrons. The van der Waals surface area contributed by atoms with Crippen molar-refractivity contribution in [1.29, 1.82) is 0 Å². The van der Waals surface area contributed by atoms with Gasteiger partial charge in [-0.05, 0) is 57.9 Å².